The minimum absolute atomic E-state index is 0.491. The van der Waals surface area contributed by atoms with E-state index in [2.05, 4.69) is 58.9 Å². The third-order valence-corrected chi connectivity index (χ3v) is 8.64. The van der Waals surface area contributed by atoms with Crippen molar-refractivity contribution in [2.75, 3.05) is 0 Å². The van der Waals surface area contributed by atoms with Gasteiger partial charge in [0.15, 0.2) is 11.5 Å². The van der Waals surface area contributed by atoms with Gasteiger partial charge in [0, 0.05) is 18.1 Å². The molecule has 4 rings (SSSR count). The summed E-state index contributed by atoms with van der Waals surface area (Å²) in [6, 6.07) is 14.4. The number of fused-ring (bicyclic) bond motifs is 1. The first-order valence-corrected chi connectivity index (χ1v) is 13.8. The smallest absolute Gasteiger partial charge is 0.275 e. The first kappa shape index (κ1) is 26.3. The monoisotopic (exact) mass is 485 g/mol. The van der Waals surface area contributed by atoms with E-state index in [1.807, 2.05) is 38.1 Å². The molecule has 192 valence electrons. The Morgan fingerprint density at radius 2 is 1.92 bits per heavy atom. The summed E-state index contributed by atoms with van der Waals surface area (Å²) in [5.41, 5.74) is 5.46. The van der Waals surface area contributed by atoms with Gasteiger partial charge in [-0.1, -0.05) is 51.5 Å². The lowest BCUT2D eigenvalue weighted by Crippen LogP contribution is -2.32. The molecule has 1 fully saturated rings. The van der Waals surface area contributed by atoms with E-state index >= 15 is 0 Å². The van der Waals surface area contributed by atoms with Crippen molar-refractivity contribution in [1.29, 1.82) is 5.26 Å². The van der Waals surface area contributed by atoms with E-state index in [9.17, 15) is 5.26 Å². The van der Waals surface area contributed by atoms with Gasteiger partial charge in [-0.15, -0.1) is 0 Å². The molecule has 0 bridgehead atoms. The molecular formula is C33H43NO2. The highest BCUT2D eigenvalue weighted by atomic mass is 16.7. The second-order valence-corrected chi connectivity index (χ2v) is 11.6. The summed E-state index contributed by atoms with van der Waals surface area (Å²) in [5, 5.41) is 9.28. The second kappa shape index (κ2) is 10.7. The maximum atomic E-state index is 9.28. The van der Waals surface area contributed by atoms with Crippen LogP contribution in [0.2, 0.25) is 0 Å². The molecule has 2 aliphatic rings. The highest BCUT2D eigenvalue weighted by molar-refractivity contribution is 5.53. The van der Waals surface area contributed by atoms with E-state index in [4.69, 9.17) is 9.47 Å². The van der Waals surface area contributed by atoms with Crippen LogP contribution in [-0.4, -0.2) is 0 Å². The van der Waals surface area contributed by atoms with Crippen LogP contribution < -0.4 is 9.47 Å². The second-order valence-electron chi connectivity index (χ2n) is 11.6. The number of aryl methyl sites for hydroxylation is 1. The molecule has 0 spiro atoms. The van der Waals surface area contributed by atoms with Crippen LogP contribution in [0, 0.1) is 41.9 Å². The minimum atomic E-state index is -0.888. The predicted molar refractivity (Wildman–Crippen MR) is 147 cm³/mol. The van der Waals surface area contributed by atoms with Crippen molar-refractivity contribution in [2.24, 2.45) is 23.7 Å². The van der Waals surface area contributed by atoms with E-state index < -0.39 is 5.79 Å². The summed E-state index contributed by atoms with van der Waals surface area (Å²) in [7, 11) is 0. The molecule has 0 aromatic heterocycles. The zero-order chi connectivity index (χ0) is 26.0. The first-order chi connectivity index (χ1) is 17.2. The normalized spacial score (nSPS) is 25.2. The summed E-state index contributed by atoms with van der Waals surface area (Å²) >= 11 is 0. The average Bonchev–Trinajstić information content (AvgIpc) is 3.44. The number of benzene rings is 2. The van der Waals surface area contributed by atoms with Crippen molar-refractivity contribution >= 4 is 0 Å². The Kier molecular flexibility index (Phi) is 7.84. The molecule has 6 atom stereocenters. The highest BCUT2D eigenvalue weighted by Crippen LogP contribution is 2.56. The van der Waals surface area contributed by atoms with E-state index in [1.165, 1.54) is 36.8 Å². The van der Waals surface area contributed by atoms with Gasteiger partial charge >= 0.3 is 0 Å². The summed E-state index contributed by atoms with van der Waals surface area (Å²) in [6.07, 6.45) is 8.39. The number of hydrogen-bond acceptors (Lipinski definition) is 3. The molecule has 2 aromatic rings. The molecule has 0 amide bonds. The lowest BCUT2D eigenvalue weighted by atomic mass is 9.81. The predicted octanol–water partition coefficient (Wildman–Crippen LogP) is 9.05. The minimum Gasteiger partial charge on any atom is -0.445 e. The number of nitriles is 1. The maximum absolute atomic E-state index is 9.28. The van der Waals surface area contributed by atoms with Crippen LogP contribution in [0.25, 0.3) is 0 Å². The summed E-state index contributed by atoms with van der Waals surface area (Å²) in [5.74, 6) is 4.20. The van der Waals surface area contributed by atoms with Crippen LogP contribution in [0.15, 0.2) is 48.0 Å². The van der Waals surface area contributed by atoms with E-state index in [1.54, 1.807) is 0 Å². The van der Waals surface area contributed by atoms with Gasteiger partial charge in [-0.25, -0.2) is 0 Å². The number of nitrogens with zero attached hydrogens (tertiary/aromatic N) is 1. The Balaban J connectivity index is 1.55. The number of ether oxygens (including phenoxy) is 2. The fourth-order valence-electron chi connectivity index (χ4n) is 6.17. The maximum Gasteiger partial charge on any atom is 0.275 e. The molecule has 0 radical (unpaired) electrons. The largest absolute Gasteiger partial charge is 0.445 e. The van der Waals surface area contributed by atoms with Crippen LogP contribution in [0.4, 0.5) is 0 Å². The number of allylic oxidation sites excluding steroid dienone is 2. The van der Waals surface area contributed by atoms with Gasteiger partial charge in [0.1, 0.15) is 0 Å². The lowest BCUT2D eigenvalue weighted by molar-refractivity contribution is -0.0690. The molecule has 3 nitrogen and oxygen atoms in total. The average molecular weight is 486 g/mol. The number of hydrogen-bond donors (Lipinski definition) is 0. The van der Waals surface area contributed by atoms with Gasteiger partial charge in [0.2, 0.25) is 0 Å². The zero-order valence-corrected chi connectivity index (χ0v) is 23.2. The molecule has 1 saturated carbocycles. The van der Waals surface area contributed by atoms with Gasteiger partial charge in [-0.05, 0) is 105 Å². The molecule has 3 heteroatoms. The summed E-state index contributed by atoms with van der Waals surface area (Å²) in [6.45, 7) is 15.7. The van der Waals surface area contributed by atoms with Crippen molar-refractivity contribution in [3.63, 3.8) is 0 Å². The Morgan fingerprint density at radius 3 is 2.56 bits per heavy atom. The Morgan fingerprint density at radius 1 is 1.17 bits per heavy atom. The molecule has 6 unspecified atom stereocenters. The number of para-hydroxylation sites is 1. The molecule has 36 heavy (non-hydrogen) atoms. The van der Waals surface area contributed by atoms with Crippen molar-refractivity contribution in [3.05, 3.63) is 70.3 Å². The molecule has 1 aliphatic heterocycles. The van der Waals surface area contributed by atoms with Gasteiger partial charge in [0.25, 0.3) is 5.79 Å². The topological polar surface area (TPSA) is 42.2 Å². The lowest BCUT2D eigenvalue weighted by Gasteiger charge is -2.27. The summed E-state index contributed by atoms with van der Waals surface area (Å²) < 4.78 is 13.2. The fourth-order valence-corrected chi connectivity index (χ4v) is 6.17. The van der Waals surface area contributed by atoms with Crippen molar-refractivity contribution < 1.29 is 9.47 Å². The Labute approximate surface area is 218 Å². The molecule has 1 heterocycles. The van der Waals surface area contributed by atoms with Gasteiger partial charge < -0.3 is 9.47 Å². The van der Waals surface area contributed by atoms with Gasteiger partial charge in [-0.3, -0.25) is 0 Å². The first-order valence-electron chi connectivity index (χ1n) is 13.8. The third-order valence-electron chi connectivity index (χ3n) is 8.64. The summed E-state index contributed by atoms with van der Waals surface area (Å²) in [4.78, 5) is 0. The third kappa shape index (κ3) is 5.49. The quantitative estimate of drug-likeness (QED) is 0.315. The van der Waals surface area contributed by atoms with Crippen LogP contribution in [0.3, 0.4) is 0 Å². The van der Waals surface area contributed by atoms with E-state index in [-0.39, 0.29) is 0 Å². The van der Waals surface area contributed by atoms with Crippen molar-refractivity contribution in [3.8, 4) is 17.6 Å². The Bertz CT molecular complexity index is 1160. The van der Waals surface area contributed by atoms with Crippen LogP contribution in [-0.2, 0) is 5.79 Å². The molecule has 1 aliphatic carbocycles. The van der Waals surface area contributed by atoms with Gasteiger partial charge in [-0.2, -0.15) is 5.26 Å². The zero-order valence-electron chi connectivity index (χ0n) is 23.2. The van der Waals surface area contributed by atoms with E-state index in [0.717, 1.165) is 35.0 Å². The molecule has 0 saturated heterocycles. The molecular weight excluding hydrogens is 442 g/mol. The highest BCUT2D eigenvalue weighted by Gasteiger charge is 2.45. The Hall–Kier alpha value is -2.73. The fraction of sp³-hybridized carbons (Fsp3) is 0.545. The SMILES string of the molecule is CC/C=C(/C)CC(C)C(C)CCC(c1cccc2c1OC(C)(c1ccc(C#N)cc1C)O2)C1CC1C. The van der Waals surface area contributed by atoms with Crippen LogP contribution in [0.1, 0.15) is 102 Å². The van der Waals surface area contributed by atoms with Crippen molar-refractivity contribution in [2.45, 2.75) is 92.3 Å². The molecule has 0 N–H and O–H groups in total. The van der Waals surface area contributed by atoms with Crippen LogP contribution in [0.5, 0.6) is 11.5 Å². The van der Waals surface area contributed by atoms with Gasteiger partial charge in [0.05, 0.1) is 11.6 Å². The number of rotatable bonds is 10. The van der Waals surface area contributed by atoms with E-state index in [0.29, 0.717) is 29.2 Å². The standard InChI is InChI=1S/C33H43NO2/c1-8-10-21(2)17-23(4)22(3)13-15-27(29-19-24(29)5)28-11-9-12-31-32(28)36-33(7,35-31)30-16-14-26(20-34)18-25(30)6/h9-12,14,16,18,22-24,27,29H,8,13,15,17,19H2,1-7H3/b21-10-. The van der Waals surface area contributed by atoms with Crippen LogP contribution >= 0.6 is 0 Å². The molecule has 2 aromatic carbocycles. The van der Waals surface area contributed by atoms with Crippen molar-refractivity contribution in [1.82, 2.24) is 0 Å².